The van der Waals surface area contributed by atoms with Crippen molar-refractivity contribution in [3.05, 3.63) is 69.7 Å². The summed E-state index contributed by atoms with van der Waals surface area (Å²) in [5.74, 6) is 0.524. The monoisotopic (exact) mass is 436 g/mol. The molecule has 31 heavy (non-hydrogen) atoms. The van der Waals surface area contributed by atoms with Crippen LogP contribution >= 0.6 is 11.3 Å². The van der Waals surface area contributed by atoms with E-state index in [2.05, 4.69) is 15.5 Å². The number of benzene rings is 2. The summed E-state index contributed by atoms with van der Waals surface area (Å²) in [7, 11) is 1.62. The van der Waals surface area contributed by atoms with Crippen LogP contribution in [0.5, 0.6) is 5.75 Å². The topological polar surface area (TPSA) is 84.4 Å². The van der Waals surface area contributed by atoms with E-state index >= 15 is 0 Å². The molecule has 1 saturated heterocycles. The summed E-state index contributed by atoms with van der Waals surface area (Å²) in [5.41, 5.74) is 2.77. The number of nitrogens with one attached hydrogen (secondary N) is 1. The zero-order valence-corrected chi connectivity index (χ0v) is 18.3. The molecular formula is C23H24N4O3S. The Bertz CT molecular complexity index is 1060. The molecule has 0 saturated carbocycles. The van der Waals surface area contributed by atoms with Crippen molar-refractivity contribution in [1.29, 1.82) is 0 Å². The number of amides is 2. The SMILES string of the molecule is COc1ccc(CC(=O)N2CCC[C@H]2c2nnc(C(=O)Nc3ccc(C)cc3)s2)cc1. The molecule has 1 aromatic heterocycles. The van der Waals surface area contributed by atoms with Gasteiger partial charge in [-0.25, -0.2) is 0 Å². The number of likely N-dealkylation sites (tertiary alicyclic amines) is 1. The van der Waals surface area contributed by atoms with Crippen LogP contribution in [0.25, 0.3) is 0 Å². The number of ether oxygens (including phenoxy) is 1. The lowest BCUT2D eigenvalue weighted by molar-refractivity contribution is -0.131. The van der Waals surface area contributed by atoms with Crippen LogP contribution in [0.4, 0.5) is 5.69 Å². The first-order valence-corrected chi connectivity index (χ1v) is 11.0. The number of methoxy groups -OCH3 is 1. The molecule has 1 fully saturated rings. The molecule has 0 radical (unpaired) electrons. The Morgan fingerprint density at radius 1 is 1.13 bits per heavy atom. The fourth-order valence-electron chi connectivity index (χ4n) is 3.62. The van der Waals surface area contributed by atoms with E-state index in [-0.39, 0.29) is 17.9 Å². The van der Waals surface area contributed by atoms with E-state index in [1.165, 1.54) is 11.3 Å². The molecule has 1 aliphatic rings. The van der Waals surface area contributed by atoms with Crippen LogP contribution in [0, 0.1) is 6.92 Å². The van der Waals surface area contributed by atoms with Gasteiger partial charge >= 0.3 is 0 Å². The van der Waals surface area contributed by atoms with Crippen LogP contribution in [-0.2, 0) is 11.2 Å². The Morgan fingerprint density at radius 2 is 1.87 bits per heavy atom. The highest BCUT2D eigenvalue weighted by atomic mass is 32.1. The molecule has 2 amide bonds. The predicted molar refractivity (Wildman–Crippen MR) is 119 cm³/mol. The van der Waals surface area contributed by atoms with Gasteiger partial charge in [0.2, 0.25) is 10.9 Å². The number of aryl methyl sites for hydroxylation is 1. The summed E-state index contributed by atoms with van der Waals surface area (Å²) in [6, 6.07) is 15.0. The number of aromatic nitrogens is 2. The van der Waals surface area contributed by atoms with Crippen molar-refractivity contribution in [2.24, 2.45) is 0 Å². The largest absolute Gasteiger partial charge is 0.497 e. The van der Waals surface area contributed by atoms with Gasteiger partial charge < -0.3 is 15.0 Å². The Kier molecular flexibility index (Phi) is 6.27. The van der Waals surface area contributed by atoms with E-state index in [0.29, 0.717) is 28.7 Å². The van der Waals surface area contributed by atoms with Gasteiger partial charge in [-0.3, -0.25) is 9.59 Å². The zero-order valence-electron chi connectivity index (χ0n) is 17.5. The number of rotatable bonds is 6. The number of carbonyl (C=O) groups is 2. The molecule has 0 bridgehead atoms. The maximum absolute atomic E-state index is 12.9. The van der Waals surface area contributed by atoms with Crippen molar-refractivity contribution in [3.63, 3.8) is 0 Å². The van der Waals surface area contributed by atoms with Crippen LogP contribution in [0.3, 0.4) is 0 Å². The minimum absolute atomic E-state index is 0.0496. The molecule has 160 valence electrons. The molecule has 4 rings (SSSR count). The van der Waals surface area contributed by atoms with Crippen LogP contribution in [-0.4, -0.2) is 40.6 Å². The lowest BCUT2D eigenvalue weighted by atomic mass is 10.1. The average Bonchev–Trinajstić information content (AvgIpc) is 3.45. The molecule has 0 spiro atoms. The number of hydrogen-bond donors (Lipinski definition) is 1. The highest BCUT2D eigenvalue weighted by Gasteiger charge is 2.33. The number of carbonyl (C=O) groups excluding carboxylic acids is 2. The fraction of sp³-hybridized carbons (Fsp3) is 0.304. The molecule has 8 heteroatoms. The van der Waals surface area contributed by atoms with Gasteiger partial charge in [0.25, 0.3) is 5.91 Å². The predicted octanol–water partition coefficient (Wildman–Crippen LogP) is 4.01. The molecule has 0 unspecified atom stereocenters. The smallest absolute Gasteiger partial charge is 0.286 e. The molecule has 1 atom stereocenters. The Morgan fingerprint density at radius 3 is 2.58 bits per heavy atom. The van der Waals surface area contributed by atoms with Gasteiger partial charge in [-0.1, -0.05) is 41.2 Å². The summed E-state index contributed by atoms with van der Waals surface area (Å²) in [4.78, 5) is 27.3. The second kappa shape index (κ2) is 9.26. The summed E-state index contributed by atoms with van der Waals surface area (Å²) < 4.78 is 5.17. The van der Waals surface area contributed by atoms with Gasteiger partial charge in [0, 0.05) is 12.2 Å². The molecular weight excluding hydrogens is 412 g/mol. The maximum atomic E-state index is 12.9. The van der Waals surface area contributed by atoms with Gasteiger partial charge in [0.15, 0.2) is 0 Å². The number of nitrogens with zero attached hydrogens (tertiary/aromatic N) is 3. The standard InChI is InChI=1S/C23H24N4O3S/c1-15-5-9-17(10-6-15)24-21(29)23-26-25-22(31-23)19-4-3-13-27(19)20(28)14-16-7-11-18(30-2)12-8-16/h5-12,19H,3-4,13-14H2,1-2H3,(H,24,29)/t19-/m0/s1. The Balaban J connectivity index is 1.42. The van der Waals surface area contributed by atoms with Crippen LogP contribution in [0.1, 0.15) is 44.8 Å². The minimum atomic E-state index is -0.290. The van der Waals surface area contributed by atoms with Crippen molar-refractivity contribution in [2.45, 2.75) is 32.2 Å². The first-order valence-electron chi connectivity index (χ1n) is 10.2. The van der Waals surface area contributed by atoms with Gasteiger partial charge in [0.05, 0.1) is 19.6 Å². The molecule has 7 nitrogen and oxygen atoms in total. The summed E-state index contributed by atoms with van der Waals surface area (Å²) in [6.07, 6.45) is 2.05. The first-order chi connectivity index (χ1) is 15.0. The third-order valence-corrected chi connectivity index (χ3v) is 6.34. The molecule has 1 aliphatic heterocycles. The second-order valence-corrected chi connectivity index (χ2v) is 8.54. The third kappa shape index (κ3) is 4.91. The zero-order chi connectivity index (χ0) is 21.8. The quantitative estimate of drug-likeness (QED) is 0.631. The Hall–Kier alpha value is -3.26. The normalized spacial score (nSPS) is 15.7. The van der Waals surface area contributed by atoms with E-state index in [0.717, 1.165) is 29.7 Å². The lowest BCUT2D eigenvalue weighted by Gasteiger charge is -2.22. The second-order valence-electron chi connectivity index (χ2n) is 7.54. The number of hydrogen-bond acceptors (Lipinski definition) is 6. The summed E-state index contributed by atoms with van der Waals surface area (Å²) in [6.45, 7) is 2.68. The van der Waals surface area contributed by atoms with Crippen LogP contribution in [0.15, 0.2) is 48.5 Å². The maximum Gasteiger partial charge on any atom is 0.286 e. The lowest BCUT2D eigenvalue weighted by Crippen LogP contribution is -2.31. The van der Waals surface area contributed by atoms with Gasteiger partial charge in [0.1, 0.15) is 10.8 Å². The van der Waals surface area contributed by atoms with Gasteiger partial charge in [-0.2, -0.15) is 0 Å². The molecule has 2 heterocycles. The van der Waals surface area contributed by atoms with E-state index in [4.69, 9.17) is 4.74 Å². The third-order valence-electron chi connectivity index (χ3n) is 5.32. The van der Waals surface area contributed by atoms with Gasteiger partial charge in [-0.15, -0.1) is 10.2 Å². The summed E-state index contributed by atoms with van der Waals surface area (Å²) in [5, 5.41) is 12.2. The minimum Gasteiger partial charge on any atom is -0.497 e. The highest BCUT2D eigenvalue weighted by molar-refractivity contribution is 7.13. The number of anilines is 1. The fourth-order valence-corrected chi connectivity index (χ4v) is 4.51. The average molecular weight is 437 g/mol. The first kappa shape index (κ1) is 21.0. The van der Waals surface area contributed by atoms with Crippen molar-refractivity contribution in [1.82, 2.24) is 15.1 Å². The van der Waals surface area contributed by atoms with Crippen molar-refractivity contribution < 1.29 is 14.3 Å². The molecule has 3 aromatic rings. The van der Waals surface area contributed by atoms with Crippen molar-refractivity contribution in [3.8, 4) is 5.75 Å². The summed E-state index contributed by atoms with van der Waals surface area (Å²) >= 11 is 1.25. The molecule has 0 aliphatic carbocycles. The Labute approximate surface area is 185 Å². The van der Waals surface area contributed by atoms with Gasteiger partial charge in [-0.05, 0) is 49.6 Å². The molecule has 2 aromatic carbocycles. The van der Waals surface area contributed by atoms with Crippen molar-refractivity contribution in [2.75, 3.05) is 19.0 Å². The molecule has 1 N–H and O–H groups in total. The highest BCUT2D eigenvalue weighted by Crippen LogP contribution is 2.34. The van der Waals surface area contributed by atoms with Crippen molar-refractivity contribution >= 4 is 28.8 Å². The van der Waals surface area contributed by atoms with E-state index < -0.39 is 0 Å². The van der Waals surface area contributed by atoms with E-state index in [1.807, 2.05) is 60.4 Å². The van der Waals surface area contributed by atoms with Crippen LogP contribution < -0.4 is 10.1 Å². The van der Waals surface area contributed by atoms with Crippen LogP contribution in [0.2, 0.25) is 0 Å². The van der Waals surface area contributed by atoms with E-state index in [1.54, 1.807) is 7.11 Å². The van der Waals surface area contributed by atoms with E-state index in [9.17, 15) is 9.59 Å².